The molecule has 1 aromatic rings. The standard InChI is InChI=1S/C7H12N2O2/c10-3-1-2-7-6(5-11)4-8-9-7/h4,10-11H,1-3,5H2,(H,8,9). The zero-order valence-electron chi connectivity index (χ0n) is 6.25. The normalized spacial score (nSPS) is 10.4. The van der Waals surface area contributed by atoms with Gasteiger partial charge >= 0.3 is 0 Å². The number of aryl methyl sites for hydroxylation is 1. The Morgan fingerprint density at radius 2 is 2.27 bits per heavy atom. The first kappa shape index (κ1) is 8.23. The fraction of sp³-hybridized carbons (Fsp3) is 0.571. The largest absolute Gasteiger partial charge is 0.396 e. The van der Waals surface area contributed by atoms with Crippen LogP contribution in [0.15, 0.2) is 6.20 Å². The van der Waals surface area contributed by atoms with Crippen LogP contribution in [0.25, 0.3) is 0 Å². The first-order valence-corrected chi connectivity index (χ1v) is 3.61. The van der Waals surface area contributed by atoms with Crippen LogP contribution in [-0.2, 0) is 13.0 Å². The molecule has 0 aliphatic rings. The van der Waals surface area contributed by atoms with Crippen LogP contribution in [0.4, 0.5) is 0 Å². The average Bonchev–Trinajstić information content (AvgIpc) is 2.47. The first-order chi connectivity index (χ1) is 5.38. The van der Waals surface area contributed by atoms with Crippen LogP contribution < -0.4 is 0 Å². The molecule has 0 radical (unpaired) electrons. The Bertz CT molecular complexity index is 210. The lowest BCUT2D eigenvalue weighted by molar-refractivity contribution is 0.276. The Morgan fingerprint density at radius 1 is 1.45 bits per heavy atom. The molecular weight excluding hydrogens is 144 g/mol. The molecule has 0 fully saturated rings. The van der Waals surface area contributed by atoms with Gasteiger partial charge in [0.2, 0.25) is 0 Å². The smallest absolute Gasteiger partial charge is 0.0715 e. The second-order valence-electron chi connectivity index (χ2n) is 2.36. The lowest BCUT2D eigenvalue weighted by Gasteiger charge is -1.96. The highest BCUT2D eigenvalue weighted by atomic mass is 16.3. The minimum atomic E-state index is 0.0112. The quantitative estimate of drug-likeness (QED) is 0.566. The summed E-state index contributed by atoms with van der Waals surface area (Å²) in [7, 11) is 0. The van der Waals surface area contributed by atoms with Gasteiger partial charge in [-0.05, 0) is 12.8 Å². The first-order valence-electron chi connectivity index (χ1n) is 3.61. The Morgan fingerprint density at radius 3 is 2.91 bits per heavy atom. The zero-order valence-corrected chi connectivity index (χ0v) is 6.25. The van der Waals surface area contributed by atoms with Crippen LogP contribution >= 0.6 is 0 Å². The van der Waals surface area contributed by atoms with Crippen molar-refractivity contribution in [2.75, 3.05) is 6.61 Å². The third kappa shape index (κ3) is 2.03. The van der Waals surface area contributed by atoms with E-state index in [-0.39, 0.29) is 13.2 Å². The van der Waals surface area contributed by atoms with Crippen LogP contribution in [0.1, 0.15) is 17.7 Å². The third-order valence-corrected chi connectivity index (χ3v) is 1.56. The lowest BCUT2D eigenvalue weighted by atomic mass is 10.2. The van der Waals surface area contributed by atoms with Crippen molar-refractivity contribution < 1.29 is 10.2 Å². The van der Waals surface area contributed by atoms with E-state index >= 15 is 0 Å². The van der Waals surface area contributed by atoms with Crippen LogP contribution in [0.5, 0.6) is 0 Å². The molecule has 62 valence electrons. The number of aromatic amines is 1. The van der Waals surface area contributed by atoms with E-state index < -0.39 is 0 Å². The van der Waals surface area contributed by atoms with Crippen molar-refractivity contribution in [3.05, 3.63) is 17.5 Å². The number of nitrogens with zero attached hydrogens (tertiary/aromatic N) is 1. The summed E-state index contributed by atoms with van der Waals surface area (Å²) in [6, 6.07) is 0. The summed E-state index contributed by atoms with van der Waals surface area (Å²) in [5.41, 5.74) is 1.74. The minimum absolute atomic E-state index is 0.0112. The van der Waals surface area contributed by atoms with E-state index in [1.807, 2.05) is 0 Å². The molecule has 0 amide bonds. The number of nitrogens with one attached hydrogen (secondary N) is 1. The van der Waals surface area contributed by atoms with Crippen LogP contribution in [0, 0.1) is 0 Å². The molecule has 1 rings (SSSR count). The fourth-order valence-corrected chi connectivity index (χ4v) is 0.946. The maximum atomic E-state index is 8.78. The molecule has 4 heteroatoms. The molecule has 3 N–H and O–H groups in total. The number of hydrogen-bond donors (Lipinski definition) is 3. The predicted octanol–water partition coefficient (Wildman–Crippen LogP) is -0.173. The highest BCUT2D eigenvalue weighted by Crippen LogP contribution is 2.06. The number of H-pyrrole nitrogens is 1. The molecule has 1 heterocycles. The summed E-state index contributed by atoms with van der Waals surface area (Å²) in [4.78, 5) is 0. The van der Waals surface area contributed by atoms with Crippen molar-refractivity contribution in [3.8, 4) is 0 Å². The number of hydrogen-bond acceptors (Lipinski definition) is 3. The van der Waals surface area contributed by atoms with E-state index in [1.54, 1.807) is 6.20 Å². The molecular formula is C7H12N2O2. The van der Waals surface area contributed by atoms with E-state index in [0.29, 0.717) is 6.42 Å². The van der Waals surface area contributed by atoms with Gasteiger partial charge in [0.05, 0.1) is 12.8 Å². The van der Waals surface area contributed by atoms with Crippen molar-refractivity contribution in [2.45, 2.75) is 19.4 Å². The SMILES string of the molecule is OCCCc1[nH]ncc1CO. The maximum absolute atomic E-state index is 8.78. The monoisotopic (exact) mass is 156 g/mol. The number of aliphatic hydroxyl groups excluding tert-OH is 2. The Hall–Kier alpha value is -0.870. The van der Waals surface area contributed by atoms with Gasteiger partial charge in [-0.15, -0.1) is 0 Å². The molecule has 11 heavy (non-hydrogen) atoms. The van der Waals surface area contributed by atoms with Gasteiger partial charge in [-0.1, -0.05) is 0 Å². The van der Waals surface area contributed by atoms with Gasteiger partial charge in [-0.3, -0.25) is 5.10 Å². The van der Waals surface area contributed by atoms with E-state index in [2.05, 4.69) is 10.2 Å². The summed E-state index contributed by atoms with van der Waals surface area (Å²) in [5.74, 6) is 0. The lowest BCUT2D eigenvalue weighted by Crippen LogP contribution is -1.94. The summed E-state index contributed by atoms with van der Waals surface area (Å²) >= 11 is 0. The summed E-state index contributed by atoms with van der Waals surface area (Å²) < 4.78 is 0. The van der Waals surface area contributed by atoms with Crippen molar-refractivity contribution >= 4 is 0 Å². The Labute approximate surface area is 64.9 Å². The zero-order chi connectivity index (χ0) is 8.10. The highest BCUT2D eigenvalue weighted by molar-refractivity contribution is 5.14. The molecule has 0 saturated heterocycles. The van der Waals surface area contributed by atoms with Crippen LogP contribution in [-0.4, -0.2) is 27.0 Å². The fourth-order valence-electron chi connectivity index (χ4n) is 0.946. The molecule has 0 aliphatic heterocycles. The molecule has 0 atom stereocenters. The number of rotatable bonds is 4. The third-order valence-electron chi connectivity index (χ3n) is 1.56. The second-order valence-corrected chi connectivity index (χ2v) is 2.36. The molecule has 1 aromatic heterocycles. The van der Waals surface area contributed by atoms with E-state index in [0.717, 1.165) is 17.7 Å². The van der Waals surface area contributed by atoms with Crippen molar-refractivity contribution in [2.24, 2.45) is 0 Å². The number of aliphatic hydroxyl groups is 2. The summed E-state index contributed by atoms with van der Waals surface area (Å²) in [5, 5.41) is 23.9. The minimum Gasteiger partial charge on any atom is -0.396 e. The topological polar surface area (TPSA) is 69.1 Å². The van der Waals surface area contributed by atoms with Gasteiger partial charge in [0.15, 0.2) is 0 Å². The van der Waals surface area contributed by atoms with Crippen LogP contribution in [0.3, 0.4) is 0 Å². The summed E-state index contributed by atoms with van der Waals surface area (Å²) in [6.07, 6.45) is 3.05. The Kier molecular flexibility index (Phi) is 3.07. The van der Waals surface area contributed by atoms with Crippen LogP contribution in [0.2, 0.25) is 0 Å². The number of aromatic nitrogens is 2. The van der Waals surface area contributed by atoms with E-state index in [9.17, 15) is 0 Å². The highest BCUT2D eigenvalue weighted by Gasteiger charge is 2.01. The van der Waals surface area contributed by atoms with E-state index in [1.165, 1.54) is 0 Å². The second kappa shape index (κ2) is 4.10. The van der Waals surface area contributed by atoms with Gasteiger partial charge in [-0.2, -0.15) is 5.10 Å². The molecule has 0 bridgehead atoms. The molecule has 0 saturated carbocycles. The van der Waals surface area contributed by atoms with Crippen molar-refractivity contribution in [1.82, 2.24) is 10.2 Å². The maximum Gasteiger partial charge on any atom is 0.0715 e. The predicted molar refractivity (Wildman–Crippen MR) is 39.9 cm³/mol. The van der Waals surface area contributed by atoms with Gasteiger partial charge in [0, 0.05) is 17.9 Å². The van der Waals surface area contributed by atoms with Crippen molar-refractivity contribution in [3.63, 3.8) is 0 Å². The van der Waals surface area contributed by atoms with Gasteiger partial charge in [-0.25, -0.2) is 0 Å². The average molecular weight is 156 g/mol. The Balaban J connectivity index is 2.54. The molecule has 0 spiro atoms. The van der Waals surface area contributed by atoms with Gasteiger partial charge < -0.3 is 10.2 Å². The van der Waals surface area contributed by atoms with Gasteiger partial charge in [0.1, 0.15) is 0 Å². The molecule has 4 nitrogen and oxygen atoms in total. The molecule has 0 aromatic carbocycles. The van der Waals surface area contributed by atoms with Gasteiger partial charge in [0.25, 0.3) is 0 Å². The van der Waals surface area contributed by atoms with E-state index in [4.69, 9.17) is 10.2 Å². The van der Waals surface area contributed by atoms with Crippen molar-refractivity contribution in [1.29, 1.82) is 0 Å². The summed E-state index contributed by atoms with van der Waals surface area (Å²) in [6.45, 7) is 0.182. The molecule has 0 aliphatic carbocycles. The molecule has 0 unspecified atom stereocenters.